The Morgan fingerprint density at radius 2 is 1.72 bits per heavy atom. The van der Waals surface area contributed by atoms with Crippen LogP contribution in [0.15, 0.2) is 85.0 Å². The van der Waals surface area contributed by atoms with Crippen molar-refractivity contribution in [1.29, 1.82) is 0 Å². The molecule has 5 rings (SSSR count). The second-order valence-corrected chi connectivity index (χ2v) is 9.86. The second kappa shape index (κ2) is 11.6. The number of carboxylic acid groups (broad SMARTS) is 1. The molecule has 3 aromatic carbocycles. The van der Waals surface area contributed by atoms with Crippen LogP contribution in [0, 0.1) is 0 Å². The minimum atomic E-state index is -0.905. The first-order chi connectivity index (χ1) is 19.0. The molecule has 7 nitrogen and oxygen atoms in total. The van der Waals surface area contributed by atoms with E-state index in [0.29, 0.717) is 5.56 Å². The molecule has 0 atom stereocenters. The lowest BCUT2D eigenvalue weighted by Crippen LogP contribution is -2.47. The van der Waals surface area contributed by atoms with Gasteiger partial charge in [-0.2, -0.15) is 0 Å². The van der Waals surface area contributed by atoms with Crippen molar-refractivity contribution in [3.8, 4) is 5.75 Å². The summed E-state index contributed by atoms with van der Waals surface area (Å²) in [7, 11) is 1.71. The van der Waals surface area contributed by atoms with Crippen LogP contribution in [0.25, 0.3) is 5.57 Å². The Morgan fingerprint density at radius 1 is 0.974 bits per heavy atom. The topological polar surface area (TPSA) is 82.1 Å². The highest BCUT2D eigenvalue weighted by atomic mass is 16.5. The number of methoxy groups -OCH3 is 1. The van der Waals surface area contributed by atoms with Crippen LogP contribution in [0.5, 0.6) is 5.75 Å². The van der Waals surface area contributed by atoms with E-state index in [4.69, 9.17) is 4.74 Å². The number of carbonyl (C=O) groups excluding carboxylic acids is 1. The lowest BCUT2D eigenvalue weighted by molar-refractivity contribution is -0.111. The molecule has 0 unspecified atom stereocenters. The number of piperazine rings is 1. The summed E-state index contributed by atoms with van der Waals surface area (Å²) >= 11 is 0. The standard InChI is InChI=1S/C32H33N3O4/c1-3-30(36)33-25-12-15-27-23(20-25)8-9-24(31(27)28-6-4-5-7-29(28)39-2)21-34-16-18-35(19-17-34)26-13-10-22(11-14-26)32(37)38/h3-7,10-15,20H,1,8-9,16-19,21H2,2H3,(H,33,36)(H,37,38). The summed E-state index contributed by atoms with van der Waals surface area (Å²) in [5.41, 5.74) is 8.19. The van der Waals surface area contributed by atoms with Crippen LogP contribution in [0.3, 0.4) is 0 Å². The van der Waals surface area contributed by atoms with Crippen molar-refractivity contribution in [2.75, 3.05) is 50.1 Å². The molecule has 7 heteroatoms. The number of nitrogens with one attached hydrogen (secondary N) is 1. The van der Waals surface area contributed by atoms with Gasteiger partial charge in [0.05, 0.1) is 12.7 Å². The third-order valence-corrected chi connectivity index (χ3v) is 7.52. The molecule has 0 bridgehead atoms. The van der Waals surface area contributed by atoms with Crippen LogP contribution in [0.4, 0.5) is 11.4 Å². The van der Waals surface area contributed by atoms with E-state index in [1.54, 1.807) is 19.2 Å². The molecule has 1 amide bonds. The number of carbonyl (C=O) groups is 2. The quantitative estimate of drug-likeness (QED) is 0.401. The highest BCUT2D eigenvalue weighted by Gasteiger charge is 2.26. The molecule has 200 valence electrons. The van der Waals surface area contributed by atoms with Gasteiger partial charge in [0.2, 0.25) is 5.91 Å². The van der Waals surface area contributed by atoms with E-state index in [-0.39, 0.29) is 5.91 Å². The van der Waals surface area contributed by atoms with Crippen LogP contribution in [-0.4, -0.2) is 61.7 Å². The van der Waals surface area contributed by atoms with Crippen LogP contribution in [0.2, 0.25) is 0 Å². The number of aromatic carboxylic acids is 1. The van der Waals surface area contributed by atoms with Crippen molar-refractivity contribution in [3.63, 3.8) is 0 Å². The summed E-state index contributed by atoms with van der Waals surface area (Å²) in [6.07, 6.45) is 3.11. The smallest absolute Gasteiger partial charge is 0.335 e. The zero-order chi connectivity index (χ0) is 27.4. The fourth-order valence-electron chi connectivity index (χ4n) is 5.51. The number of hydrogen-bond donors (Lipinski definition) is 2. The average molecular weight is 524 g/mol. The molecule has 0 radical (unpaired) electrons. The van der Waals surface area contributed by atoms with Gasteiger partial charge in [0.1, 0.15) is 5.75 Å². The molecular weight excluding hydrogens is 490 g/mol. The number of benzene rings is 3. The Bertz CT molecular complexity index is 1420. The molecular formula is C32H33N3O4. The third kappa shape index (κ3) is 5.73. The summed E-state index contributed by atoms with van der Waals surface area (Å²) in [5.74, 6) is -0.280. The number of hydrogen-bond acceptors (Lipinski definition) is 5. The van der Waals surface area contributed by atoms with Crippen LogP contribution in [0.1, 0.15) is 33.5 Å². The number of anilines is 2. The molecule has 39 heavy (non-hydrogen) atoms. The zero-order valence-electron chi connectivity index (χ0n) is 22.2. The van der Waals surface area contributed by atoms with Crippen molar-refractivity contribution in [3.05, 3.63) is 107 Å². The number of rotatable bonds is 8. The maximum Gasteiger partial charge on any atom is 0.335 e. The first-order valence-corrected chi connectivity index (χ1v) is 13.2. The van der Waals surface area contributed by atoms with Crippen molar-refractivity contribution in [1.82, 2.24) is 4.90 Å². The van der Waals surface area contributed by atoms with Gasteiger partial charge >= 0.3 is 5.97 Å². The van der Waals surface area contributed by atoms with Crippen LogP contribution < -0.4 is 15.0 Å². The SMILES string of the molecule is C=CC(=O)Nc1ccc2c(c1)CCC(CN1CCN(c3ccc(C(=O)O)cc3)CC1)=C2c1ccccc1OC. The second-order valence-electron chi connectivity index (χ2n) is 9.86. The molecule has 1 heterocycles. The van der Waals surface area contributed by atoms with Gasteiger partial charge in [-0.15, -0.1) is 0 Å². The van der Waals surface area contributed by atoms with E-state index in [1.165, 1.54) is 28.3 Å². The first kappa shape index (κ1) is 26.3. The normalized spacial score (nSPS) is 15.5. The lowest BCUT2D eigenvalue weighted by Gasteiger charge is -2.37. The van der Waals surface area contributed by atoms with E-state index < -0.39 is 5.97 Å². The molecule has 1 aliphatic carbocycles. The van der Waals surface area contributed by atoms with Gasteiger partial charge in [-0.05, 0) is 83.7 Å². The summed E-state index contributed by atoms with van der Waals surface area (Å²) in [5, 5.41) is 12.1. The third-order valence-electron chi connectivity index (χ3n) is 7.52. The monoisotopic (exact) mass is 523 g/mol. The van der Waals surface area contributed by atoms with E-state index in [0.717, 1.165) is 68.3 Å². The number of fused-ring (bicyclic) bond motifs is 1. The van der Waals surface area contributed by atoms with Gasteiger partial charge < -0.3 is 20.1 Å². The zero-order valence-corrected chi connectivity index (χ0v) is 22.2. The summed E-state index contributed by atoms with van der Waals surface area (Å²) in [6, 6.07) is 21.4. The van der Waals surface area contributed by atoms with Gasteiger partial charge in [-0.25, -0.2) is 4.79 Å². The largest absolute Gasteiger partial charge is 0.496 e. The van der Waals surface area contributed by atoms with E-state index >= 15 is 0 Å². The summed E-state index contributed by atoms with van der Waals surface area (Å²) in [6.45, 7) is 8.02. The number of carboxylic acids is 1. The van der Waals surface area contributed by atoms with Crippen molar-refractivity contribution in [2.24, 2.45) is 0 Å². The van der Waals surface area contributed by atoms with Gasteiger partial charge in [0.25, 0.3) is 0 Å². The highest BCUT2D eigenvalue weighted by Crippen LogP contribution is 2.41. The Labute approximate surface area is 229 Å². The molecule has 0 spiro atoms. The predicted octanol–water partition coefficient (Wildman–Crippen LogP) is 5.09. The number of ether oxygens (including phenoxy) is 1. The fraction of sp³-hybridized carbons (Fsp3) is 0.250. The maximum atomic E-state index is 11.9. The fourth-order valence-corrected chi connectivity index (χ4v) is 5.51. The van der Waals surface area contributed by atoms with Crippen molar-refractivity contribution < 1.29 is 19.4 Å². The molecule has 0 aromatic heterocycles. The number of nitrogens with zero attached hydrogens (tertiary/aromatic N) is 2. The first-order valence-electron chi connectivity index (χ1n) is 13.2. The van der Waals surface area contributed by atoms with E-state index in [1.807, 2.05) is 36.4 Å². The Morgan fingerprint density at radius 3 is 2.41 bits per heavy atom. The maximum absolute atomic E-state index is 11.9. The summed E-state index contributed by atoms with van der Waals surface area (Å²) < 4.78 is 5.77. The minimum absolute atomic E-state index is 0.219. The predicted molar refractivity (Wildman–Crippen MR) is 155 cm³/mol. The van der Waals surface area contributed by atoms with Gasteiger partial charge in [-0.1, -0.05) is 30.8 Å². The molecule has 2 aliphatic rings. The molecule has 3 aromatic rings. The van der Waals surface area contributed by atoms with Gasteiger partial charge in [-0.3, -0.25) is 9.69 Å². The van der Waals surface area contributed by atoms with Gasteiger partial charge in [0.15, 0.2) is 0 Å². The number of para-hydroxylation sites is 1. The van der Waals surface area contributed by atoms with Crippen LogP contribution in [-0.2, 0) is 11.2 Å². The minimum Gasteiger partial charge on any atom is -0.496 e. The Hall–Kier alpha value is -4.36. The van der Waals surface area contributed by atoms with E-state index in [2.05, 4.69) is 39.9 Å². The molecule has 1 fully saturated rings. The Kier molecular flexibility index (Phi) is 7.79. The van der Waals surface area contributed by atoms with Crippen molar-refractivity contribution >= 4 is 28.8 Å². The number of aryl methyl sites for hydroxylation is 1. The Balaban J connectivity index is 1.40. The molecule has 0 saturated carbocycles. The number of amides is 1. The summed E-state index contributed by atoms with van der Waals surface area (Å²) in [4.78, 5) is 27.9. The van der Waals surface area contributed by atoms with E-state index in [9.17, 15) is 14.7 Å². The average Bonchev–Trinajstić information content (AvgIpc) is 2.97. The van der Waals surface area contributed by atoms with Crippen LogP contribution >= 0.6 is 0 Å². The van der Waals surface area contributed by atoms with Crippen molar-refractivity contribution in [2.45, 2.75) is 12.8 Å². The molecule has 1 aliphatic heterocycles. The lowest BCUT2D eigenvalue weighted by atomic mass is 9.81. The molecule has 2 N–H and O–H groups in total. The molecule has 1 saturated heterocycles. The highest BCUT2D eigenvalue weighted by molar-refractivity contribution is 5.99. The van der Waals surface area contributed by atoms with Gasteiger partial charge in [0, 0.05) is 49.7 Å².